The summed E-state index contributed by atoms with van der Waals surface area (Å²) in [7, 11) is -3.00. The van der Waals surface area contributed by atoms with Crippen LogP contribution < -0.4 is 9.44 Å². The van der Waals surface area contributed by atoms with Gasteiger partial charge in [0.05, 0.1) is 45.0 Å². The van der Waals surface area contributed by atoms with Crippen LogP contribution in [0.1, 0.15) is 38.5 Å². The predicted octanol–water partition coefficient (Wildman–Crippen LogP) is 6.24. The molecule has 0 saturated carbocycles. The normalized spacial score (nSPS) is 14.7. The highest BCUT2D eigenvalue weighted by atomic mass is 32.2. The number of nitrogens with one attached hydrogen (secondary N) is 2. The number of rotatable bonds is 20. The highest BCUT2D eigenvalue weighted by Gasteiger charge is 2.75. The Bertz CT molecular complexity index is 1310. The quantitative estimate of drug-likeness (QED) is 0.0368. The molecule has 4 N–H and O–H groups in total. The molecule has 0 aromatic carbocycles. The van der Waals surface area contributed by atoms with Crippen molar-refractivity contribution < 1.29 is 111 Å². The molecule has 0 aromatic heterocycles. The van der Waals surface area contributed by atoms with Crippen LogP contribution in [0.25, 0.3) is 0 Å². The van der Waals surface area contributed by atoms with Crippen molar-refractivity contribution in [3.8, 4) is 0 Å². The largest absolute Gasteiger partial charge is 0.633 e. The van der Waals surface area contributed by atoms with E-state index in [9.17, 15) is 101 Å². The van der Waals surface area contributed by atoms with E-state index in [0.717, 1.165) is 0 Å². The van der Waals surface area contributed by atoms with Gasteiger partial charge in [-0.2, -0.15) is 52.7 Å². The summed E-state index contributed by atoms with van der Waals surface area (Å²) >= 11 is 0. The molecule has 0 unspecified atom stereocenters. The van der Waals surface area contributed by atoms with Crippen molar-refractivity contribution in [3.05, 3.63) is 5.21 Å². The molecule has 336 valence electrons. The Kier molecular flexibility index (Phi) is 21.9. The molecule has 55 heavy (non-hydrogen) atoms. The van der Waals surface area contributed by atoms with Crippen molar-refractivity contribution >= 4 is 20.0 Å². The van der Waals surface area contributed by atoms with Crippen LogP contribution in [-0.4, -0.2) is 151 Å². The van der Waals surface area contributed by atoms with Gasteiger partial charge in [-0.15, -0.1) is 0 Å². The van der Waals surface area contributed by atoms with E-state index >= 15 is 0 Å². The minimum atomic E-state index is -6.66. The number of hydrogen-bond donors (Lipinski definition) is 4. The molecule has 0 amide bonds. The Hall–Kier alpha value is -1.64. The van der Waals surface area contributed by atoms with Crippen LogP contribution in [0.15, 0.2) is 0 Å². The Morgan fingerprint density at radius 2 is 0.836 bits per heavy atom. The Morgan fingerprint density at radius 3 is 1.07 bits per heavy atom. The average molecular weight is 903 g/mol. The fourth-order valence-electron chi connectivity index (χ4n) is 3.63. The summed E-state index contributed by atoms with van der Waals surface area (Å²) in [5.41, 5.74) is -12.3. The second kappa shape index (κ2) is 20.9. The molecule has 0 radical (unpaired) electrons. The summed E-state index contributed by atoms with van der Waals surface area (Å²) in [5.74, 6) is -12.7. The van der Waals surface area contributed by atoms with Crippen molar-refractivity contribution in [1.29, 1.82) is 0 Å². The van der Waals surface area contributed by atoms with Gasteiger partial charge in [-0.1, -0.05) is 0 Å². The molecule has 31 heteroatoms. The molecule has 0 bridgehead atoms. The maximum atomic E-state index is 13.5. The lowest BCUT2D eigenvalue weighted by Crippen LogP contribution is -2.56. The molecule has 0 saturated heterocycles. The number of hydroxylamine groups is 3. The molecular formula is C24H40F18N4O7S2. The van der Waals surface area contributed by atoms with Gasteiger partial charge in [0.25, 0.3) is 11.8 Å². The lowest BCUT2D eigenvalue weighted by atomic mass is 9.94. The van der Waals surface area contributed by atoms with E-state index in [-0.39, 0.29) is 26.1 Å². The van der Waals surface area contributed by atoms with Crippen LogP contribution in [0.3, 0.4) is 0 Å². The number of sulfonamides is 2. The van der Waals surface area contributed by atoms with Crippen LogP contribution in [0.5, 0.6) is 0 Å². The van der Waals surface area contributed by atoms with E-state index in [2.05, 4.69) is 0 Å². The van der Waals surface area contributed by atoms with Crippen molar-refractivity contribution in [2.45, 2.75) is 86.4 Å². The topological polar surface area (TPSA) is 159 Å². The maximum Gasteiger partial charge on any atom is 0.431 e. The third kappa shape index (κ3) is 22.2. The second-order valence-corrected chi connectivity index (χ2v) is 16.2. The smallest absolute Gasteiger partial charge is 0.431 e. The van der Waals surface area contributed by atoms with Gasteiger partial charge in [0.15, 0.2) is 0 Å². The first-order valence-electron chi connectivity index (χ1n) is 14.7. The van der Waals surface area contributed by atoms with Crippen molar-refractivity contribution in [2.24, 2.45) is 0 Å². The number of nitrogens with zero attached hydrogens (tertiary/aromatic N) is 2. The summed E-state index contributed by atoms with van der Waals surface area (Å²) in [6.07, 6.45) is -36.7. The van der Waals surface area contributed by atoms with E-state index in [1.807, 2.05) is 4.72 Å². The van der Waals surface area contributed by atoms with E-state index in [1.165, 1.54) is 14.1 Å². The molecule has 0 aliphatic carbocycles. The molecule has 0 atom stereocenters. The van der Waals surface area contributed by atoms with Crippen LogP contribution in [0.4, 0.5) is 79.0 Å². The Balaban J connectivity index is -0.000000941. The zero-order chi connectivity index (χ0) is 45.0. The standard InChI is InChI=1S/C12H19F9N2O3S.C12H19F9N2O2S.H2O2/c1-23(2,24)6-3-5-22-27(25,26)7-4-9(13,14)8-10(15,11(16,17)18)12(19,20)21;1-23(2)6-3-5-22-26(24,25)7-4-9(13,14)8-10(15,11(16,17)18)12(19,20)21;1-2/h22H,3-8H2,1-2H3;22H,3-8H2,1-2H3;1-2H. The minimum absolute atomic E-state index is 0.00185. The predicted molar refractivity (Wildman–Crippen MR) is 157 cm³/mol. The molecule has 0 heterocycles. The molecule has 0 aliphatic rings. The second-order valence-electron chi connectivity index (χ2n) is 12.4. The minimum Gasteiger partial charge on any atom is -0.633 e. The summed E-state index contributed by atoms with van der Waals surface area (Å²) in [6.45, 7) is -0.110. The maximum absolute atomic E-state index is 13.5. The van der Waals surface area contributed by atoms with Crippen LogP contribution in [-0.2, 0) is 20.0 Å². The Labute approximate surface area is 303 Å². The van der Waals surface area contributed by atoms with E-state index in [4.69, 9.17) is 10.5 Å². The van der Waals surface area contributed by atoms with E-state index in [1.54, 1.807) is 23.7 Å². The van der Waals surface area contributed by atoms with Crippen LogP contribution in [0, 0.1) is 5.21 Å². The Morgan fingerprint density at radius 1 is 0.564 bits per heavy atom. The zero-order valence-corrected chi connectivity index (χ0v) is 30.6. The van der Waals surface area contributed by atoms with Gasteiger partial charge in [0, 0.05) is 32.4 Å². The van der Waals surface area contributed by atoms with E-state index in [0.29, 0.717) is 13.0 Å². The van der Waals surface area contributed by atoms with Gasteiger partial charge in [0.1, 0.15) is 0 Å². The van der Waals surface area contributed by atoms with Crippen molar-refractivity contribution in [1.82, 2.24) is 14.3 Å². The highest BCUT2D eigenvalue weighted by Crippen LogP contribution is 2.53. The molecule has 11 nitrogen and oxygen atoms in total. The lowest BCUT2D eigenvalue weighted by Gasteiger charge is -2.33. The number of alkyl halides is 18. The van der Waals surface area contributed by atoms with Crippen LogP contribution >= 0.6 is 0 Å². The van der Waals surface area contributed by atoms with Gasteiger partial charge in [0.2, 0.25) is 20.0 Å². The van der Waals surface area contributed by atoms with Gasteiger partial charge in [-0.25, -0.2) is 52.6 Å². The van der Waals surface area contributed by atoms with Crippen molar-refractivity contribution in [3.63, 3.8) is 0 Å². The molecule has 0 rings (SSSR count). The average Bonchev–Trinajstić information content (AvgIpc) is 2.94. The fraction of sp³-hybridized carbons (Fsp3) is 1.00. The number of hydrogen-bond acceptors (Lipinski definition) is 8. The zero-order valence-electron chi connectivity index (χ0n) is 28.9. The lowest BCUT2D eigenvalue weighted by molar-refractivity contribution is -0.840. The van der Waals surface area contributed by atoms with Crippen molar-refractivity contribution in [2.75, 3.05) is 65.9 Å². The molecule has 0 aromatic rings. The first-order chi connectivity index (χ1) is 24.0. The molecular weight excluding hydrogens is 862 g/mol. The number of halogens is 18. The summed E-state index contributed by atoms with van der Waals surface area (Å²) in [5, 5.41) is 23.2. The summed E-state index contributed by atoms with van der Waals surface area (Å²) < 4.78 is 277. The van der Waals surface area contributed by atoms with Crippen LogP contribution in [0.2, 0.25) is 0 Å². The van der Waals surface area contributed by atoms with Gasteiger partial charge < -0.3 is 14.8 Å². The SMILES string of the molecule is CN(C)CCCNS(=O)(=O)CCC(F)(F)CC(F)(C(F)(F)F)C(F)(F)F.C[N+](C)([O-])CCCNS(=O)(=O)CCC(F)(F)CC(F)(C(F)(F)F)C(F)(F)F.OO. The summed E-state index contributed by atoms with van der Waals surface area (Å²) in [4.78, 5) is 1.69. The number of quaternary nitrogens is 1. The fourth-order valence-corrected chi connectivity index (χ4v) is 5.97. The first-order valence-corrected chi connectivity index (χ1v) is 18.0. The monoisotopic (exact) mass is 902 g/mol. The van der Waals surface area contributed by atoms with Gasteiger partial charge >= 0.3 is 36.0 Å². The third-order valence-electron chi connectivity index (χ3n) is 6.57. The third-order valence-corrected chi connectivity index (χ3v) is 9.35. The molecule has 0 fully saturated rings. The highest BCUT2D eigenvalue weighted by molar-refractivity contribution is 7.89. The summed E-state index contributed by atoms with van der Waals surface area (Å²) in [6, 6.07) is 0. The molecule has 0 aliphatic heterocycles. The van der Waals surface area contributed by atoms with Gasteiger partial charge in [-0.05, 0) is 27.1 Å². The molecule has 0 spiro atoms. The first kappa shape index (κ1) is 57.7. The van der Waals surface area contributed by atoms with E-state index < -0.39 is 110 Å². The van der Waals surface area contributed by atoms with Gasteiger partial charge in [-0.3, -0.25) is 10.5 Å².